The summed E-state index contributed by atoms with van der Waals surface area (Å²) in [6, 6.07) is 9.05. The van der Waals surface area contributed by atoms with Gasteiger partial charge in [0.15, 0.2) is 0 Å². The summed E-state index contributed by atoms with van der Waals surface area (Å²) < 4.78 is 0. The Morgan fingerprint density at radius 2 is 1.80 bits per heavy atom. The molecule has 0 aliphatic heterocycles. The zero-order valence-electron chi connectivity index (χ0n) is 13.6. The molecule has 0 heterocycles. The highest BCUT2D eigenvalue weighted by Gasteiger charge is 2.10. The fraction of sp³-hybridized carbons (Fsp3) is 0.667. The average molecular weight is 294 g/mol. The Kier molecular flexibility index (Phi) is 9.04. The van der Waals surface area contributed by atoms with E-state index in [0.29, 0.717) is 0 Å². The maximum Gasteiger partial charge on any atom is -0.00172 e. The highest BCUT2D eigenvalue weighted by molar-refractivity contribution is 7.98. The van der Waals surface area contributed by atoms with Crippen molar-refractivity contribution >= 4 is 11.8 Å². The summed E-state index contributed by atoms with van der Waals surface area (Å²) >= 11 is 1.96. The van der Waals surface area contributed by atoms with Gasteiger partial charge in [0.2, 0.25) is 0 Å². The molecule has 1 rings (SSSR count). The van der Waals surface area contributed by atoms with E-state index in [2.05, 4.69) is 56.6 Å². The average Bonchev–Trinajstić information content (AvgIpc) is 2.41. The highest BCUT2D eigenvalue weighted by Crippen LogP contribution is 2.16. The SMILES string of the molecule is CSCCCC(CNCC(C)C)Cc1ccc(C)cc1. The first-order chi connectivity index (χ1) is 9.61. The molecule has 1 nitrogen and oxygen atoms in total. The zero-order valence-corrected chi connectivity index (χ0v) is 14.4. The normalized spacial score (nSPS) is 12.8. The van der Waals surface area contributed by atoms with Crippen LogP contribution in [0, 0.1) is 18.8 Å². The van der Waals surface area contributed by atoms with E-state index in [1.165, 1.54) is 36.1 Å². The molecular formula is C18H31NS. The minimum absolute atomic E-state index is 0.737. The first-order valence-electron chi connectivity index (χ1n) is 7.87. The van der Waals surface area contributed by atoms with E-state index in [0.717, 1.165) is 24.9 Å². The molecule has 0 saturated carbocycles. The molecule has 1 aromatic carbocycles. The number of aryl methyl sites for hydroxylation is 1. The van der Waals surface area contributed by atoms with Crippen molar-refractivity contribution in [2.45, 2.75) is 40.0 Å². The van der Waals surface area contributed by atoms with Gasteiger partial charge in [-0.15, -0.1) is 0 Å². The molecule has 1 aromatic rings. The summed E-state index contributed by atoms with van der Waals surface area (Å²) in [5, 5.41) is 3.64. The Morgan fingerprint density at radius 3 is 2.40 bits per heavy atom. The van der Waals surface area contributed by atoms with Crippen molar-refractivity contribution in [3.8, 4) is 0 Å². The lowest BCUT2D eigenvalue weighted by atomic mass is 9.94. The molecule has 0 radical (unpaired) electrons. The molecule has 0 saturated heterocycles. The minimum Gasteiger partial charge on any atom is -0.316 e. The molecule has 1 N–H and O–H groups in total. The Hall–Kier alpha value is -0.470. The van der Waals surface area contributed by atoms with Gasteiger partial charge < -0.3 is 5.32 Å². The lowest BCUT2D eigenvalue weighted by Gasteiger charge is -2.19. The first-order valence-corrected chi connectivity index (χ1v) is 9.26. The van der Waals surface area contributed by atoms with E-state index in [9.17, 15) is 0 Å². The Morgan fingerprint density at radius 1 is 1.10 bits per heavy atom. The van der Waals surface area contributed by atoms with Crippen LogP contribution >= 0.6 is 11.8 Å². The molecule has 0 aliphatic carbocycles. The van der Waals surface area contributed by atoms with Gasteiger partial charge in [-0.05, 0) is 68.7 Å². The molecule has 1 atom stereocenters. The van der Waals surface area contributed by atoms with Crippen molar-refractivity contribution in [3.05, 3.63) is 35.4 Å². The summed E-state index contributed by atoms with van der Waals surface area (Å²) in [5.74, 6) is 2.79. The zero-order chi connectivity index (χ0) is 14.8. The van der Waals surface area contributed by atoms with Gasteiger partial charge in [0.1, 0.15) is 0 Å². The van der Waals surface area contributed by atoms with Crippen LogP contribution in [-0.4, -0.2) is 25.1 Å². The van der Waals surface area contributed by atoms with Crippen molar-refractivity contribution in [2.24, 2.45) is 11.8 Å². The smallest absolute Gasteiger partial charge is 0.00172 e. The van der Waals surface area contributed by atoms with Gasteiger partial charge in [-0.3, -0.25) is 0 Å². The Labute approximate surface area is 129 Å². The van der Waals surface area contributed by atoms with Crippen molar-refractivity contribution in [3.63, 3.8) is 0 Å². The predicted octanol–water partition coefficient (Wildman–Crippen LogP) is 4.54. The quantitative estimate of drug-likeness (QED) is 0.636. The van der Waals surface area contributed by atoms with Gasteiger partial charge in [-0.1, -0.05) is 43.7 Å². The van der Waals surface area contributed by atoms with E-state index in [1.54, 1.807) is 0 Å². The van der Waals surface area contributed by atoms with Gasteiger partial charge >= 0.3 is 0 Å². The van der Waals surface area contributed by atoms with Crippen LogP contribution in [-0.2, 0) is 6.42 Å². The fourth-order valence-corrected chi connectivity index (χ4v) is 2.88. The molecule has 1 unspecified atom stereocenters. The summed E-state index contributed by atoms with van der Waals surface area (Å²) in [6.45, 7) is 8.99. The number of hydrogen-bond donors (Lipinski definition) is 1. The fourth-order valence-electron chi connectivity index (χ4n) is 2.43. The van der Waals surface area contributed by atoms with Crippen molar-refractivity contribution < 1.29 is 0 Å². The van der Waals surface area contributed by atoms with Crippen LogP contribution in [0.15, 0.2) is 24.3 Å². The monoisotopic (exact) mass is 293 g/mol. The van der Waals surface area contributed by atoms with Crippen LogP contribution in [0.4, 0.5) is 0 Å². The first kappa shape index (κ1) is 17.6. The molecule has 2 heteroatoms. The second kappa shape index (κ2) is 10.3. The molecule has 20 heavy (non-hydrogen) atoms. The summed E-state index contributed by atoms with van der Waals surface area (Å²) in [4.78, 5) is 0. The lowest BCUT2D eigenvalue weighted by Crippen LogP contribution is -2.27. The number of hydrogen-bond acceptors (Lipinski definition) is 2. The summed E-state index contributed by atoms with van der Waals surface area (Å²) in [5.41, 5.74) is 2.83. The van der Waals surface area contributed by atoms with Crippen LogP contribution in [0.25, 0.3) is 0 Å². The second-order valence-corrected chi connectivity index (χ2v) is 7.23. The van der Waals surface area contributed by atoms with Crippen molar-refractivity contribution in [1.29, 1.82) is 0 Å². The number of thioether (sulfide) groups is 1. The molecular weight excluding hydrogens is 262 g/mol. The Bertz CT molecular complexity index is 345. The van der Waals surface area contributed by atoms with Crippen molar-refractivity contribution in [1.82, 2.24) is 5.32 Å². The van der Waals surface area contributed by atoms with Gasteiger partial charge in [-0.25, -0.2) is 0 Å². The van der Waals surface area contributed by atoms with E-state index in [-0.39, 0.29) is 0 Å². The molecule has 0 spiro atoms. The number of rotatable bonds is 10. The van der Waals surface area contributed by atoms with Gasteiger partial charge in [0.05, 0.1) is 0 Å². The number of nitrogens with one attached hydrogen (secondary N) is 1. The third-order valence-electron chi connectivity index (χ3n) is 3.59. The Balaban J connectivity index is 2.45. The summed E-state index contributed by atoms with van der Waals surface area (Å²) in [7, 11) is 0. The van der Waals surface area contributed by atoms with Gasteiger partial charge in [0, 0.05) is 0 Å². The van der Waals surface area contributed by atoms with E-state index >= 15 is 0 Å². The van der Waals surface area contributed by atoms with Crippen LogP contribution in [0.2, 0.25) is 0 Å². The maximum atomic E-state index is 3.64. The molecule has 0 bridgehead atoms. The van der Waals surface area contributed by atoms with E-state index < -0.39 is 0 Å². The largest absolute Gasteiger partial charge is 0.316 e. The third kappa shape index (κ3) is 7.96. The van der Waals surface area contributed by atoms with Gasteiger partial charge in [0.25, 0.3) is 0 Å². The maximum absolute atomic E-state index is 3.64. The van der Waals surface area contributed by atoms with Crippen molar-refractivity contribution in [2.75, 3.05) is 25.1 Å². The molecule has 0 aliphatic rings. The third-order valence-corrected chi connectivity index (χ3v) is 4.29. The van der Waals surface area contributed by atoms with Crippen LogP contribution in [0.3, 0.4) is 0 Å². The molecule has 114 valence electrons. The van der Waals surface area contributed by atoms with Crippen LogP contribution < -0.4 is 5.32 Å². The van der Waals surface area contributed by atoms with Crippen LogP contribution in [0.5, 0.6) is 0 Å². The second-order valence-electron chi connectivity index (χ2n) is 6.24. The minimum atomic E-state index is 0.737. The molecule has 0 aromatic heterocycles. The van der Waals surface area contributed by atoms with Gasteiger partial charge in [-0.2, -0.15) is 11.8 Å². The molecule has 0 fully saturated rings. The predicted molar refractivity (Wildman–Crippen MR) is 93.7 cm³/mol. The van der Waals surface area contributed by atoms with E-state index in [4.69, 9.17) is 0 Å². The topological polar surface area (TPSA) is 12.0 Å². The summed E-state index contributed by atoms with van der Waals surface area (Å²) in [6.07, 6.45) is 6.08. The lowest BCUT2D eigenvalue weighted by molar-refractivity contribution is 0.422. The standard InChI is InChI=1S/C18H31NS/c1-15(2)13-19-14-18(6-5-11-20-4)12-17-9-7-16(3)8-10-17/h7-10,15,18-19H,5-6,11-14H2,1-4H3. The van der Waals surface area contributed by atoms with E-state index in [1.807, 2.05) is 11.8 Å². The molecule has 0 amide bonds. The highest BCUT2D eigenvalue weighted by atomic mass is 32.2. The number of benzene rings is 1. The van der Waals surface area contributed by atoms with Crippen LogP contribution in [0.1, 0.15) is 37.8 Å².